The lowest BCUT2D eigenvalue weighted by molar-refractivity contribution is 0.0751. The van der Waals surface area contributed by atoms with Gasteiger partial charge in [-0.3, -0.25) is 4.79 Å². The molecule has 3 rings (SSSR count). The molecule has 0 saturated carbocycles. The van der Waals surface area contributed by atoms with Gasteiger partial charge in [0.15, 0.2) is 0 Å². The van der Waals surface area contributed by atoms with Crippen LogP contribution < -0.4 is 4.90 Å². The maximum Gasteiger partial charge on any atom is 0.254 e. The lowest BCUT2D eigenvalue weighted by Gasteiger charge is -2.23. The average Bonchev–Trinajstić information content (AvgIpc) is 2.87. The summed E-state index contributed by atoms with van der Waals surface area (Å²) in [4.78, 5) is 17.1. The topological polar surface area (TPSA) is 60.9 Å². The van der Waals surface area contributed by atoms with Crippen molar-refractivity contribution in [3.05, 3.63) is 58.6 Å². The third-order valence-electron chi connectivity index (χ3n) is 5.26. The maximum absolute atomic E-state index is 13.2. The van der Waals surface area contributed by atoms with Gasteiger partial charge in [0.05, 0.1) is 5.02 Å². The van der Waals surface area contributed by atoms with Gasteiger partial charge in [-0.15, -0.1) is 0 Å². The van der Waals surface area contributed by atoms with Crippen LogP contribution in [0.15, 0.2) is 47.4 Å². The number of halogens is 1. The molecule has 0 aromatic heterocycles. The zero-order valence-electron chi connectivity index (χ0n) is 16.9. The number of fused-ring (bicyclic) bond motifs is 1. The summed E-state index contributed by atoms with van der Waals surface area (Å²) in [6, 6.07) is 12.5. The van der Waals surface area contributed by atoms with Crippen molar-refractivity contribution in [1.29, 1.82) is 0 Å². The number of benzene rings is 2. The summed E-state index contributed by atoms with van der Waals surface area (Å²) in [5.74, 6) is -0.206. The average molecular weight is 436 g/mol. The van der Waals surface area contributed by atoms with E-state index in [2.05, 4.69) is 4.90 Å². The molecule has 0 fully saturated rings. The van der Waals surface area contributed by atoms with E-state index in [-0.39, 0.29) is 15.8 Å². The van der Waals surface area contributed by atoms with E-state index in [0.717, 1.165) is 11.3 Å². The van der Waals surface area contributed by atoms with Crippen LogP contribution >= 0.6 is 11.6 Å². The van der Waals surface area contributed by atoms with Crippen LogP contribution in [0.25, 0.3) is 0 Å². The van der Waals surface area contributed by atoms with Crippen LogP contribution in [0.4, 0.5) is 5.69 Å². The molecule has 8 heteroatoms. The highest BCUT2D eigenvalue weighted by atomic mass is 35.5. The van der Waals surface area contributed by atoms with E-state index in [4.69, 9.17) is 11.6 Å². The van der Waals surface area contributed by atoms with Gasteiger partial charge < -0.3 is 9.80 Å². The van der Waals surface area contributed by atoms with Crippen molar-refractivity contribution in [2.45, 2.75) is 25.3 Å². The molecule has 1 aliphatic heterocycles. The number of carbonyl (C=O) groups is 1. The number of rotatable bonds is 5. The van der Waals surface area contributed by atoms with Crippen LogP contribution in [0.5, 0.6) is 0 Å². The fourth-order valence-electron chi connectivity index (χ4n) is 3.59. The first-order valence-electron chi connectivity index (χ1n) is 9.67. The minimum absolute atomic E-state index is 0.0268. The highest BCUT2D eigenvalue weighted by molar-refractivity contribution is 7.89. The van der Waals surface area contributed by atoms with Crippen LogP contribution in [-0.4, -0.2) is 56.8 Å². The Morgan fingerprint density at radius 3 is 2.48 bits per heavy atom. The molecule has 1 aliphatic rings. The van der Waals surface area contributed by atoms with Gasteiger partial charge >= 0.3 is 0 Å². The molecule has 6 nitrogen and oxygen atoms in total. The Bertz CT molecular complexity index is 1010. The van der Waals surface area contributed by atoms with Crippen LogP contribution in [0.2, 0.25) is 5.02 Å². The molecule has 0 N–H and O–H groups in total. The number of likely N-dealkylation sites (N-methyl/N-ethyl adjacent to an activating group) is 1. The first-order valence-corrected chi connectivity index (χ1v) is 11.5. The summed E-state index contributed by atoms with van der Waals surface area (Å²) < 4.78 is 27.2. The molecule has 1 heterocycles. The van der Waals surface area contributed by atoms with Gasteiger partial charge in [-0.2, -0.15) is 4.31 Å². The second-order valence-corrected chi connectivity index (χ2v) is 9.33. The number of amides is 1. The Morgan fingerprint density at radius 2 is 1.79 bits per heavy atom. The van der Waals surface area contributed by atoms with Crippen LogP contribution in [0, 0.1) is 0 Å². The lowest BCUT2D eigenvalue weighted by Crippen LogP contribution is -2.35. The Morgan fingerprint density at radius 1 is 1.10 bits per heavy atom. The molecule has 29 heavy (non-hydrogen) atoms. The van der Waals surface area contributed by atoms with Gasteiger partial charge in [-0.25, -0.2) is 8.42 Å². The van der Waals surface area contributed by atoms with Crippen LogP contribution in [-0.2, 0) is 16.6 Å². The standard InChI is InChI=1S/C21H26ClN3O3S/c1-4-25(5-2)29(27,28)20-14-16(10-11-18(20)22)21(26)24-13-12-23(3)19-9-7-6-8-17(19)15-24/h6-11,14H,4-5,12-13,15H2,1-3H3. The second-order valence-electron chi connectivity index (χ2n) is 7.01. The molecule has 1 amide bonds. The fourth-order valence-corrected chi connectivity index (χ4v) is 5.54. The number of hydrogen-bond acceptors (Lipinski definition) is 4. The quantitative estimate of drug-likeness (QED) is 0.721. The Labute approximate surface area is 177 Å². The predicted molar refractivity (Wildman–Crippen MR) is 116 cm³/mol. The highest BCUT2D eigenvalue weighted by Crippen LogP contribution is 2.28. The summed E-state index contributed by atoms with van der Waals surface area (Å²) >= 11 is 6.20. The van der Waals surface area contributed by atoms with Crippen LogP contribution in [0.3, 0.4) is 0 Å². The molecule has 0 spiro atoms. The van der Waals surface area contributed by atoms with E-state index >= 15 is 0 Å². The van der Waals surface area contributed by atoms with E-state index < -0.39 is 10.0 Å². The van der Waals surface area contributed by atoms with Gasteiger partial charge in [0.1, 0.15) is 4.90 Å². The molecule has 2 aromatic rings. The van der Waals surface area contributed by atoms with Gasteiger partial charge in [-0.1, -0.05) is 43.6 Å². The third-order valence-corrected chi connectivity index (χ3v) is 7.79. The van der Waals surface area contributed by atoms with Crippen molar-refractivity contribution in [1.82, 2.24) is 9.21 Å². The zero-order valence-corrected chi connectivity index (χ0v) is 18.5. The Kier molecular flexibility index (Phi) is 6.51. The summed E-state index contributed by atoms with van der Waals surface area (Å²) in [5.41, 5.74) is 2.48. The first kappa shape index (κ1) is 21.6. The van der Waals surface area contributed by atoms with Crippen molar-refractivity contribution in [3.8, 4) is 0 Å². The van der Waals surface area contributed by atoms with Crippen LogP contribution in [0.1, 0.15) is 29.8 Å². The van der Waals surface area contributed by atoms with Crippen molar-refractivity contribution >= 4 is 33.2 Å². The maximum atomic E-state index is 13.2. The molecule has 0 bridgehead atoms. The van der Waals surface area contributed by atoms with Gasteiger partial charge in [0, 0.05) is 51.0 Å². The number of para-hydroxylation sites is 1. The minimum atomic E-state index is -3.76. The SMILES string of the molecule is CCN(CC)S(=O)(=O)c1cc(C(=O)N2CCN(C)c3ccccc3C2)ccc1Cl. The van der Waals surface area contributed by atoms with E-state index in [1.807, 2.05) is 31.3 Å². The second kappa shape index (κ2) is 8.73. The minimum Gasteiger partial charge on any atom is -0.373 e. The smallest absolute Gasteiger partial charge is 0.254 e. The molecule has 2 aromatic carbocycles. The van der Waals surface area contributed by atoms with Gasteiger partial charge in [0.25, 0.3) is 5.91 Å². The number of anilines is 1. The molecule has 156 valence electrons. The number of nitrogens with zero attached hydrogens (tertiary/aromatic N) is 3. The third kappa shape index (κ3) is 4.27. The molecule has 0 radical (unpaired) electrons. The normalized spacial score (nSPS) is 14.7. The first-order chi connectivity index (χ1) is 13.8. The number of hydrogen-bond donors (Lipinski definition) is 0. The van der Waals surface area contributed by atoms with Crippen molar-refractivity contribution in [2.24, 2.45) is 0 Å². The van der Waals surface area contributed by atoms with Crippen molar-refractivity contribution in [2.75, 3.05) is 38.1 Å². The molecule has 0 saturated heterocycles. The highest BCUT2D eigenvalue weighted by Gasteiger charge is 2.27. The zero-order chi connectivity index (χ0) is 21.2. The van der Waals surface area contributed by atoms with Crippen molar-refractivity contribution in [3.63, 3.8) is 0 Å². The molecular weight excluding hydrogens is 410 g/mol. The van der Waals surface area contributed by atoms with E-state index in [1.165, 1.54) is 16.4 Å². The number of sulfonamides is 1. The Hall–Kier alpha value is -2.09. The van der Waals surface area contributed by atoms with E-state index in [9.17, 15) is 13.2 Å². The van der Waals surface area contributed by atoms with E-state index in [1.54, 1.807) is 24.8 Å². The molecular formula is C21H26ClN3O3S. The number of carbonyl (C=O) groups excluding carboxylic acids is 1. The monoisotopic (exact) mass is 435 g/mol. The van der Waals surface area contributed by atoms with Gasteiger partial charge in [-0.05, 0) is 29.8 Å². The molecule has 0 unspecified atom stereocenters. The summed E-state index contributed by atoms with van der Waals surface area (Å²) in [5, 5.41) is 0.120. The van der Waals surface area contributed by atoms with Gasteiger partial charge in [0.2, 0.25) is 10.0 Å². The molecule has 0 aliphatic carbocycles. The Balaban J connectivity index is 1.95. The fraction of sp³-hybridized carbons (Fsp3) is 0.381. The van der Waals surface area contributed by atoms with E-state index in [0.29, 0.717) is 38.3 Å². The largest absolute Gasteiger partial charge is 0.373 e. The molecule has 0 atom stereocenters. The summed E-state index contributed by atoms with van der Waals surface area (Å²) in [6.45, 7) is 5.93. The van der Waals surface area contributed by atoms with Crippen molar-refractivity contribution < 1.29 is 13.2 Å². The predicted octanol–water partition coefficient (Wildman–Crippen LogP) is 3.46. The summed E-state index contributed by atoms with van der Waals surface area (Å²) in [6.07, 6.45) is 0. The summed E-state index contributed by atoms with van der Waals surface area (Å²) in [7, 11) is -1.76. The lowest BCUT2D eigenvalue weighted by atomic mass is 10.1.